The quantitative estimate of drug-likeness (QED) is 0.287. The van der Waals surface area contributed by atoms with Gasteiger partial charge in [-0.25, -0.2) is 0 Å². The number of ketones is 2. The number of nitrogens with zero attached hydrogens (tertiary/aromatic N) is 1. The Morgan fingerprint density at radius 2 is 1.85 bits per heavy atom. The number of rotatable bonds is 4. The van der Waals surface area contributed by atoms with Crippen LogP contribution in [0.3, 0.4) is 0 Å². The fourth-order valence-corrected chi connectivity index (χ4v) is 5.78. The second-order valence-corrected chi connectivity index (χ2v) is 9.00. The predicted octanol–water partition coefficient (Wildman–Crippen LogP) is -0.323. The number of carbonyl (C=O) groups is 4. The van der Waals surface area contributed by atoms with Gasteiger partial charge in [0.2, 0.25) is 5.78 Å². The zero-order valence-electron chi connectivity index (χ0n) is 18.6. The average Bonchev–Trinajstić information content (AvgIpc) is 2.75. The zero-order valence-corrected chi connectivity index (χ0v) is 18.6. The minimum absolute atomic E-state index is 0.0452. The van der Waals surface area contributed by atoms with Crippen LogP contribution in [0.1, 0.15) is 24.0 Å². The van der Waals surface area contributed by atoms with Crippen molar-refractivity contribution in [2.75, 3.05) is 14.1 Å². The Morgan fingerprint density at radius 1 is 1.21 bits per heavy atom. The molecule has 0 spiro atoms. The van der Waals surface area contributed by atoms with Crippen LogP contribution in [0.2, 0.25) is 0 Å². The Labute approximate surface area is 193 Å². The SMILES string of the molecule is C[C@H]1c2cccc(O)c2C(O)=C2C(=O)[C@]3(O)C(O)=C(C(N)=O)C(=O)C(N(C)C)[C@@H]3[C@@H](OC=O)[C@@H]21. The molecule has 1 saturated carbocycles. The van der Waals surface area contributed by atoms with Gasteiger partial charge >= 0.3 is 0 Å². The van der Waals surface area contributed by atoms with Gasteiger partial charge in [-0.3, -0.25) is 24.1 Å². The van der Waals surface area contributed by atoms with Crippen LogP contribution < -0.4 is 5.73 Å². The van der Waals surface area contributed by atoms with E-state index in [0.29, 0.717) is 5.56 Å². The molecule has 1 aromatic carbocycles. The molecule has 6 N–H and O–H groups in total. The minimum atomic E-state index is -2.93. The zero-order chi connectivity index (χ0) is 25.3. The number of nitrogens with two attached hydrogens (primary N) is 1. The first-order valence-electron chi connectivity index (χ1n) is 10.5. The van der Waals surface area contributed by atoms with Crippen molar-refractivity contribution in [1.82, 2.24) is 4.90 Å². The van der Waals surface area contributed by atoms with E-state index in [4.69, 9.17) is 10.5 Å². The third kappa shape index (κ3) is 2.77. The minimum Gasteiger partial charge on any atom is -0.508 e. The summed E-state index contributed by atoms with van der Waals surface area (Å²) in [6.45, 7) is 1.76. The normalized spacial score (nSPS) is 32.8. The van der Waals surface area contributed by atoms with Crippen molar-refractivity contribution in [2.45, 2.75) is 30.6 Å². The summed E-state index contributed by atoms with van der Waals surface area (Å²) in [5.74, 6) is -8.99. The number of aliphatic hydroxyl groups excluding tert-OH is 2. The van der Waals surface area contributed by atoms with Gasteiger partial charge in [0.15, 0.2) is 11.4 Å². The second kappa shape index (κ2) is 7.67. The van der Waals surface area contributed by atoms with Gasteiger partial charge in [-0.1, -0.05) is 19.1 Å². The summed E-state index contributed by atoms with van der Waals surface area (Å²) < 4.78 is 5.34. The summed E-state index contributed by atoms with van der Waals surface area (Å²) in [4.78, 5) is 51.9. The number of aromatic hydroxyl groups is 1. The largest absolute Gasteiger partial charge is 0.508 e. The third-order valence-corrected chi connectivity index (χ3v) is 7.18. The molecular weight excluding hydrogens is 448 g/mol. The fraction of sp³-hybridized carbons (Fsp3) is 0.391. The molecule has 1 amide bonds. The highest BCUT2D eigenvalue weighted by Gasteiger charge is 2.69. The summed E-state index contributed by atoms with van der Waals surface area (Å²) >= 11 is 0. The summed E-state index contributed by atoms with van der Waals surface area (Å²) in [7, 11) is 2.90. The fourth-order valence-electron chi connectivity index (χ4n) is 5.78. The number of hydrogen-bond donors (Lipinski definition) is 5. The number of likely N-dealkylation sites (N-methyl/N-ethyl adjacent to an activating group) is 1. The van der Waals surface area contributed by atoms with Gasteiger partial charge in [0.05, 0.1) is 17.5 Å². The van der Waals surface area contributed by atoms with E-state index in [2.05, 4.69) is 0 Å². The third-order valence-electron chi connectivity index (χ3n) is 7.18. The molecular formula is C23H24N2O9. The van der Waals surface area contributed by atoms with Gasteiger partial charge in [-0.05, 0) is 31.6 Å². The number of primary amides is 1. The molecule has 3 aliphatic rings. The Morgan fingerprint density at radius 3 is 2.41 bits per heavy atom. The molecule has 0 aliphatic heterocycles. The van der Waals surface area contributed by atoms with Crippen molar-refractivity contribution in [3.8, 4) is 5.75 Å². The van der Waals surface area contributed by atoms with E-state index < -0.39 is 75.6 Å². The van der Waals surface area contributed by atoms with E-state index in [9.17, 15) is 39.6 Å². The molecule has 34 heavy (non-hydrogen) atoms. The molecule has 0 heterocycles. The van der Waals surface area contributed by atoms with Gasteiger partial charge in [-0.15, -0.1) is 0 Å². The number of fused-ring (bicyclic) bond motifs is 3. The summed E-state index contributed by atoms with van der Waals surface area (Å²) in [6.07, 6.45) is -1.39. The topological polar surface area (TPSA) is 188 Å². The Hall–Kier alpha value is -3.70. The highest BCUT2D eigenvalue weighted by atomic mass is 16.5. The first kappa shape index (κ1) is 23.5. The lowest BCUT2D eigenvalue weighted by Crippen LogP contribution is -2.70. The number of amides is 1. The number of carbonyl (C=O) groups excluding carboxylic acids is 4. The van der Waals surface area contributed by atoms with Gasteiger partial charge in [0.1, 0.15) is 28.9 Å². The summed E-state index contributed by atoms with van der Waals surface area (Å²) in [5.41, 5.74) is 1.40. The number of phenolic OH excluding ortho intramolecular Hbond substituents is 1. The molecule has 11 nitrogen and oxygen atoms in total. The van der Waals surface area contributed by atoms with E-state index in [1.807, 2.05) is 0 Å². The van der Waals surface area contributed by atoms with Gasteiger partial charge < -0.3 is 30.9 Å². The van der Waals surface area contributed by atoms with Crippen LogP contribution in [-0.2, 0) is 23.9 Å². The molecule has 0 radical (unpaired) electrons. The summed E-state index contributed by atoms with van der Waals surface area (Å²) in [5, 5.41) is 44.0. The molecule has 0 saturated heterocycles. The molecule has 0 aromatic heterocycles. The Balaban J connectivity index is 2.11. The maximum absolute atomic E-state index is 13.8. The van der Waals surface area contributed by atoms with Crippen LogP contribution in [0.4, 0.5) is 0 Å². The number of hydrogen-bond acceptors (Lipinski definition) is 10. The molecule has 180 valence electrons. The van der Waals surface area contributed by atoms with Crippen molar-refractivity contribution in [3.63, 3.8) is 0 Å². The lowest BCUT2D eigenvalue weighted by molar-refractivity contribution is -0.178. The van der Waals surface area contributed by atoms with Crippen molar-refractivity contribution in [2.24, 2.45) is 17.6 Å². The maximum Gasteiger partial charge on any atom is 0.293 e. The first-order valence-corrected chi connectivity index (χ1v) is 10.5. The highest BCUT2D eigenvalue weighted by molar-refractivity contribution is 6.24. The van der Waals surface area contributed by atoms with Crippen LogP contribution in [0, 0.1) is 11.8 Å². The van der Waals surface area contributed by atoms with Crippen LogP contribution >= 0.6 is 0 Å². The highest BCUT2D eigenvalue weighted by Crippen LogP contribution is 2.56. The van der Waals surface area contributed by atoms with E-state index in [1.54, 1.807) is 19.1 Å². The first-order chi connectivity index (χ1) is 15.9. The van der Waals surface area contributed by atoms with Crippen molar-refractivity contribution in [1.29, 1.82) is 0 Å². The lowest BCUT2D eigenvalue weighted by atomic mass is 9.54. The van der Waals surface area contributed by atoms with E-state index >= 15 is 0 Å². The second-order valence-electron chi connectivity index (χ2n) is 9.00. The number of benzene rings is 1. The van der Waals surface area contributed by atoms with Gasteiger partial charge in [0, 0.05) is 11.5 Å². The Kier molecular flexibility index (Phi) is 5.29. The number of aliphatic hydroxyl groups is 3. The van der Waals surface area contributed by atoms with Crippen LogP contribution in [-0.4, -0.2) is 81.1 Å². The van der Waals surface area contributed by atoms with Crippen LogP contribution in [0.25, 0.3) is 5.76 Å². The van der Waals surface area contributed by atoms with Gasteiger partial charge in [0.25, 0.3) is 12.4 Å². The van der Waals surface area contributed by atoms with E-state index in [1.165, 1.54) is 25.1 Å². The molecule has 0 bridgehead atoms. The summed E-state index contributed by atoms with van der Waals surface area (Å²) in [6, 6.07) is 3.07. The Bertz CT molecular complexity index is 1200. The van der Waals surface area contributed by atoms with Crippen molar-refractivity contribution in [3.05, 3.63) is 46.2 Å². The van der Waals surface area contributed by atoms with Crippen molar-refractivity contribution >= 4 is 29.7 Å². The maximum atomic E-state index is 13.8. The average molecular weight is 472 g/mol. The molecule has 6 atom stereocenters. The number of phenols is 1. The molecule has 1 aromatic rings. The number of Topliss-reactive ketones (excluding diaryl/α,β-unsaturated/α-hetero) is 2. The monoisotopic (exact) mass is 472 g/mol. The molecule has 11 heteroatoms. The standard InChI is InChI=1S/C23H24N2O9/c1-8-9-5-4-6-10(27)12(9)17(28)13-11(8)19(34-7-26)15-16(25(2)3)18(29)14(22(24)32)21(31)23(15,33)20(13)30/h4-8,11,15-16,19,27-28,31,33H,1-3H3,(H2,24,32)/t8-,11+,15+,16?,19-,23-/m0/s1. The number of ether oxygens (including phenoxy) is 1. The molecule has 1 fully saturated rings. The molecule has 1 unspecified atom stereocenters. The van der Waals surface area contributed by atoms with E-state index in [-0.39, 0.29) is 17.8 Å². The smallest absolute Gasteiger partial charge is 0.293 e. The van der Waals surface area contributed by atoms with E-state index in [0.717, 1.165) is 0 Å². The van der Waals surface area contributed by atoms with Crippen LogP contribution in [0.5, 0.6) is 5.75 Å². The van der Waals surface area contributed by atoms with Gasteiger partial charge in [-0.2, -0.15) is 0 Å². The molecule has 4 rings (SSSR count). The van der Waals surface area contributed by atoms with Crippen LogP contribution in [0.15, 0.2) is 35.1 Å². The predicted molar refractivity (Wildman–Crippen MR) is 115 cm³/mol. The lowest BCUT2D eigenvalue weighted by Gasteiger charge is -2.54. The molecule has 3 aliphatic carbocycles. The van der Waals surface area contributed by atoms with Crippen molar-refractivity contribution < 1.29 is 44.3 Å².